The van der Waals surface area contributed by atoms with E-state index in [1.165, 1.54) is 23.6 Å². The van der Waals surface area contributed by atoms with Crippen molar-refractivity contribution in [1.29, 1.82) is 0 Å². The van der Waals surface area contributed by atoms with Crippen LogP contribution in [0.4, 0.5) is 4.39 Å². The lowest BCUT2D eigenvalue weighted by Gasteiger charge is -2.25. The molecule has 0 saturated carbocycles. The Bertz CT molecular complexity index is 897. The van der Waals surface area contributed by atoms with Gasteiger partial charge in [-0.15, -0.1) is 0 Å². The zero-order valence-corrected chi connectivity index (χ0v) is 14.0. The van der Waals surface area contributed by atoms with E-state index in [1.807, 2.05) is 0 Å². The Morgan fingerprint density at radius 1 is 1.16 bits per heavy atom. The molecule has 0 radical (unpaired) electrons. The molecule has 0 spiro atoms. The number of para-hydroxylation sites is 2. The van der Waals surface area contributed by atoms with E-state index < -0.39 is 11.6 Å². The molecular formula is C19H21FN2O3. The second-order valence-corrected chi connectivity index (χ2v) is 6.20. The minimum Gasteiger partial charge on any atom is -0.408 e. The number of halogens is 1. The molecule has 25 heavy (non-hydrogen) atoms. The maximum absolute atomic E-state index is 12.9. The van der Waals surface area contributed by atoms with Gasteiger partial charge < -0.3 is 9.52 Å². The van der Waals surface area contributed by atoms with Gasteiger partial charge in [-0.25, -0.2) is 13.8 Å². The molecule has 0 aliphatic rings. The van der Waals surface area contributed by atoms with Crippen molar-refractivity contribution in [3.63, 3.8) is 0 Å². The summed E-state index contributed by atoms with van der Waals surface area (Å²) in [4.78, 5) is 12.1. The molecule has 0 saturated heterocycles. The van der Waals surface area contributed by atoms with Crippen LogP contribution in [0.25, 0.3) is 11.1 Å². The molecule has 3 aromatic rings. The Balaban J connectivity index is 1.57. The Labute approximate surface area is 144 Å². The van der Waals surface area contributed by atoms with Crippen LogP contribution in [0.2, 0.25) is 0 Å². The number of aryl methyl sites for hydroxylation is 1. The van der Waals surface area contributed by atoms with Crippen LogP contribution >= 0.6 is 0 Å². The van der Waals surface area contributed by atoms with Gasteiger partial charge in [0.1, 0.15) is 5.82 Å². The van der Waals surface area contributed by atoms with Crippen molar-refractivity contribution in [2.45, 2.75) is 32.0 Å². The molecule has 1 unspecified atom stereocenters. The molecule has 0 aliphatic carbocycles. The Kier molecular flexibility index (Phi) is 5.01. The van der Waals surface area contributed by atoms with Gasteiger partial charge in [-0.3, -0.25) is 5.32 Å². The average Bonchev–Trinajstić information content (AvgIpc) is 2.92. The SMILES string of the molecule is CC(O)(NCCCCc1ccc(F)cc1)n1c(=O)oc2ccccc21. The van der Waals surface area contributed by atoms with Crippen molar-refractivity contribution in [2.75, 3.05) is 6.54 Å². The number of fused-ring (bicyclic) bond motifs is 1. The van der Waals surface area contributed by atoms with Gasteiger partial charge in [0.25, 0.3) is 0 Å². The smallest absolute Gasteiger partial charge is 0.408 e. The van der Waals surface area contributed by atoms with Crippen LogP contribution < -0.4 is 11.1 Å². The van der Waals surface area contributed by atoms with Crippen LogP contribution in [0.1, 0.15) is 25.3 Å². The van der Waals surface area contributed by atoms with Gasteiger partial charge in [-0.2, -0.15) is 0 Å². The number of benzene rings is 2. The largest absolute Gasteiger partial charge is 0.423 e. The number of hydrogen-bond donors (Lipinski definition) is 2. The van der Waals surface area contributed by atoms with Crippen LogP contribution in [0.3, 0.4) is 0 Å². The molecule has 1 atom stereocenters. The van der Waals surface area contributed by atoms with Crippen molar-refractivity contribution in [2.24, 2.45) is 0 Å². The quantitative estimate of drug-likeness (QED) is 0.511. The van der Waals surface area contributed by atoms with Gasteiger partial charge in [-0.1, -0.05) is 24.3 Å². The fourth-order valence-corrected chi connectivity index (χ4v) is 2.89. The molecule has 5 nitrogen and oxygen atoms in total. The molecule has 1 aromatic heterocycles. The van der Waals surface area contributed by atoms with Crippen molar-refractivity contribution in [3.8, 4) is 0 Å². The van der Waals surface area contributed by atoms with Crippen molar-refractivity contribution in [3.05, 3.63) is 70.5 Å². The Morgan fingerprint density at radius 3 is 2.64 bits per heavy atom. The van der Waals surface area contributed by atoms with E-state index in [0.717, 1.165) is 24.8 Å². The third-order valence-electron chi connectivity index (χ3n) is 4.19. The van der Waals surface area contributed by atoms with Gasteiger partial charge in [0, 0.05) is 0 Å². The molecule has 0 fully saturated rings. The van der Waals surface area contributed by atoms with Crippen molar-refractivity contribution in [1.82, 2.24) is 9.88 Å². The number of aliphatic hydroxyl groups is 1. The fourth-order valence-electron chi connectivity index (χ4n) is 2.89. The highest BCUT2D eigenvalue weighted by atomic mass is 19.1. The molecule has 2 aromatic carbocycles. The molecule has 0 amide bonds. The normalized spacial score (nSPS) is 13.9. The number of nitrogens with zero attached hydrogens (tertiary/aromatic N) is 1. The zero-order chi connectivity index (χ0) is 17.9. The summed E-state index contributed by atoms with van der Waals surface area (Å²) < 4.78 is 19.2. The molecule has 2 N–H and O–H groups in total. The van der Waals surface area contributed by atoms with Crippen LogP contribution in [0, 0.1) is 5.82 Å². The van der Waals surface area contributed by atoms with Crippen LogP contribution in [0.5, 0.6) is 0 Å². The second kappa shape index (κ2) is 7.21. The molecular weight excluding hydrogens is 323 g/mol. The Hall–Kier alpha value is -2.44. The van der Waals surface area contributed by atoms with E-state index in [1.54, 1.807) is 36.4 Å². The summed E-state index contributed by atoms with van der Waals surface area (Å²) in [6.45, 7) is 2.05. The van der Waals surface area contributed by atoms with Gasteiger partial charge in [0.05, 0.1) is 5.52 Å². The topological polar surface area (TPSA) is 67.4 Å². The summed E-state index contributed by atoms with van der Waals surface area (Å²) in [5.41, 5.74) is 2.05. The van der Waals surface area contributed by atoms with E-state index in [4.69, 9.17) is 4.42 Å². The minimum absolute atomic E-state index is 0.237. The van der Waals surface area contributed by atoms with Gasteiger partial charge in [-0.05, 0) is 62.6 Å². The predicted molar refractivity (Wildman–Crippen MR) is 93.7 cm³/mol. The van der Waals surface area contributed by atoms with Gasteiger partial charge in [0.15, 0.2) is 5.58 Å². The number of rotatable bonds is 7. The molecule has 0 bridgehead atoms. The van der Waals surface area contributed by atoms with E-state index in [0.29, 0.717) is 17.6 Å². The lowest BCUT2D eigenvalue weighted by atomic mass is 10.1. The van der Waals surface area contributed by atoms with E-state index in [9.17, 15) is 14.3 Å². The molecule has 132 valence electrons. The molecule has 0 aliphatic heterocycles. The first-order chi connectivity index (χ1) is 12.0. The summed E-state index contributed by atoms with van der Waals surface area (Å²) >= 11 is 0. The molecule has 1 heterocycles. The first-order valence-electron chi connectivity index (χ1n) is 8.30. The third-order valence-corrected chi connectivity index (χ3v) is 4.19. The van der Waals surface area contributed by atoms with E-state index in [-0.39, 0.29) is 5.82 Å². The summed E-state index contributed by atoms with van der Waals surface area (Å²) in [6.07, 6.45) is 2.52. The predicted octanol–water partition coefficient (Wildman–Crippen LogP) is 2.97. The summed E-state index contributed by atoms with van der Waals surface area (Å²) in [7, 11) is 0. The number of oxazole rings is 1. The van der Waals surface area contributed by atoms with E-state index >= 15 is 0 Å². The fraction of sp³-hybridized carbons (Fsp3) is 0.316. The van der Waals surface area contributed by atoms with Crippen LogP contribution in [-0.2, 0) is 12.3 Å². The third kappa shape index (κ3) is 3.97. The van der Waals surface area contributed by atoms with Crippen LogP contribution in [-0.4, -0.2) is 16.2 Å². The minimum atomic E-state index is -1.54. The first kappa shape index (κ1) is 17.4. The van der Waals surface area contributed by atoms with E-state index in [2.05, 4.69) is 5.32 Å². The van der Waals surface area contributed by atoms with Crippen LogP contribution in [0.15, 0.2) is 57.7 Å². The van der Waals surface area contributed by atoms with Crippen molar-refractivity contribution < 1.29 is 13.9 Å². The summed E-state index contributed by atoms with van der Waals surface area (Å²) in [6, 6.07) is 13.4. The highest BCUT2D eigenvalue weighted by molar-refractivity contribution is 5.72. The maximum atomic E-state index is 12.9. The summed E-state index contributed by atoms with van der Waals surface area (Å²) in [5, 5.41) is 13.6. The van der Waals surface area contributed by atoms with Crippen molar-refractivity contribution >= 4 is 11.1 Å². The monoisotopic (exact) mass is 344 g/mol. The number of unbranched alkanes of at least 4 members (excludes halogenated alkanes) is 1. The van der Waals surface area contributed by atoms with Gasteiger partial charge in [0.2, 0.25) is 5.85 Å². The number of aromatic nitrogens is 1. The van der Waals surface area contributed by atoms with Gasteiger partial charge >= 0.3 is 5.76 Å². The highest BCUT2D eigenvalue weighted by Gasteiger charge is 2.27. The zero-order valence-electron chi connectivity index (χ0n) is 14.0. The molecule has 3 rings (SSSR count). The standard InChI is InChI=1S/C19H21FN2O3/c1-19(24,22-16-7-2-3-8-17(16)25-18(22)23)21-13-5-4-6-14-9-11-15(20)12-10-14/h2-3,7-12,21,24H,4-6,13H2,1H3. The Morgan fingerprint density at radius 2 is 1.88 bits per heavy atom. The molecule has 6 heteroatoms. The number of nitrogens with one attached hydrogen (secondary N) is 1. The first-order valence-corrected chi connectivity index (χ1v) is 8.30. The maximum Gasteiger partial charge on any atom is 0.423 e. The highest BCUT2D eigenvalue weighted by Crippen LogP contribution is 2.17. The summed E-state index contributed by atoms with van der Waals surface area (Å²) in [5.74, 6) is -2.39. The number of hydrogen-bond acceptors (Lipinski definition) is 4. The average molecular weight is 344 g/mol. The lowest BCUT2D eigenvalue weighted by molar-refractivity contribution is -0.0541. The lowest BCUT2D eigenvalue weighted by Crippen LogP contribution is -2.49. The second-order valence-electron chi connectivity index (χ2n) is 6.20.